The molecule has 1 aromatic carbocycles. The third-order valence-electron chi connectivity index (χ3n) is 4.52. The minimum atomic E-state index is -3.49. The fraction of sp³-hybridized carbons (Fsp3) is 0.389. The Morgan fingerprint density at radius 1 is 1.09 bits per heavy atom. The topological polar surface area (TPSA) is 50.3 Å². The molecule has 0 radical (unpaired) electrons. The second-order valence-electron chi connectivity index (χ2n) is 6.17. The van der Waals surface area contributed by atoms with E-state index >= 15 is 0 Å². The largest absolute Gasteiger partial charge is 0.264 e. The molecular weight excluding hydrogens is 308 g/mol. The molecule has 1 saturated heterocycles. The number of aryl methyl sites for hydroxylation is 2. The molecule has 1 aliphatic heterocycles. The fourth-order valence-corrected chi connectivity index (χ4v) is 4.85. The van der Waals surface area contributed by atoms with Gasteiger partial charge >= 0.3 is 0 Å². The van der Waals surface area contributed by atoms with Crippen LogP contribution in [0.5, 0.6) is 0 Å². The van der Waals surface area contributed by atoms with Gasteiger partial charge < -0.3 is 0 Å². The van der Waals surface area contributed by atoms with Crippen molar-refractivity contribution in [1.29, 1.82) is 0 Å². The van der Waals surface area contributed by atoms with Crippen LogP contribution in [-0.4, -0.2) is 24.3 Å². The van der Waals surface area contributed by atoms with Gasteiger partial charge in [0.1, 0.15) is 0 Å². The summed E-state index contributed by atoms with van der Waals surface area (Å²) in [5, 5.41) is 0. The lowest BCUT2D eigenvalue weighted by atomic mass is 9.96. The van der Waals surface area contributed by atoms with Crippen LogP contribution in [0, 0.1) is 13.8 Å². The Morgan fingerprint density at radius 2 is 1.83 bits per heavy atom. The average Bonchev–Trinajstić information content (AvgIpc) is 2.56. The lowest BCUT2D eigenvalue weighted by Gasteiger charge is -2.35. The van der Waals surface area contributed by atoms with Crippen molar-refractivity contribution in [2.45, 2.75) is 44.0 Å². The maximum atomic E-state index is 13.1. The summed E-state index contributed by atoms with van der Waals surface area (Å²) in [5.41, 5.74) is 3.17. The van der Waals surface area contributed by atoms with Crippen molar-refractivity contribution in [3.05, 3.63) is 59.4 Å². The number of sulfonamides is 1. The number of benzene rings is 1. The molecular formula is C18H22N2O2S. The van der Waals surface area contributed by atoms with Crippen molar-refractivity contribution < 1.29 is 8.42 Å². The zero-order valence-electron chi connectivity index (χ0n) is 13.6. The third kappa shape index (κ3) is 3.16. The molecule has 0 amide bonds. The molecule has 1 fully saturated rings. The van der Waals surface area contributed by atoms with E-state index in [1.54, 1.807) is 22.6 Å². The van der Waals surface area contributed by atoms with E-state index < -0.39 is 10.0 Å². The van der Waals surface area contributed by atoms with E-state index in [-0.39, 0.29) is 6.04 Å². The summed E-state index contributed by atoms with van der Waals surface area (Å²) in [4.78, 5) is 4.57. The number of hydrogen-bond acceptors (Lipinski definition) is 3. The first-order valence-corrected chi connectivity index (χ1v) is 9.43. The highest BCUT2D eigenvalue weighted by molar-refractivity contribution is 7.89. The second kappa shape index (κ2) is 6.42. The molecule has 0 saturated carbocycles. The molecule has 2 heterocycles. The van der Waals surface area contributed by atoms with Crippen molar-refractivity contribution in [3.8, 4) is 0 Å². The summed E-state index contributed by atoms with van der Waals surface area (Å²) in [5.74, 6) is 0. The number of piperidine rings is 1. The summed E-state index contributed by atoms with van der Waals surface area (Å²) in [6.45, 7) is 4.54. The first kappa shape index (κ1) is 16.1. The minimum absolute atomic E-state index is 0.122. The average molecular weight is 330 g/mol. The predicted octanol–water partition coefficient (Wildman–Crippen LogP) is 3.61. The first-order chi connectivity index (χ1) is 11.0. The summed E-state index contributed by atoms with van der Waals surface area (Å²) < 4.78 is 27.9. The highest BCUT2D eigenvalue weighted by Gasteiger charge is 2.35. The third-order valence-corrected chi connectivity index (χ3v) is 6.44. The molecule has 0 N–H and O–H groups in total. The Labute approximate surface area is 138 Å². The van der Waals surface area contributed by atoms with Crippen LogP contribution in [0.3, 0.4) is 0 Å². The van der Waals surface area contributed by atoms with E-state index in [2.05, 4.69) is 4.98 Å². The van der Waals surface area contributed by atoms with Crippen LogP contribution >= 0.6 is 0 Å². The van der Waals surface area contributed by atoms with Gasteiger partial charge in [0, 0.05) is 18.9 Å². The zero-order chi connectivity index (χ0) is 16.4. The van der Waals surface area contributed by atoms with Gasteiger partial charge in [-0.1, -0.05) is 24.1 Å². The first-order valence-electron chi connectivity index (χ1n) is 7.99. The number of aromatic nitrogens is 1. The normalized spacial score (nSPS) is 19.7. The van der Waals surface area contributed by atoms with Crippen molar-refractivity contribution in [1.82, 2.24) is 9.29 Å². The van der Waals surface area contributed by atoms with E-state index in [1.807, 2.05) is 38.2 Å². The molecule has 122 valence electrons. The highest BCUT2D eigenvalue weighted by atomic mass is 32.2. The van der Waals surface area contributed by atoms with E-state index in [0.717, 1.165) is 36.0 Å². The van der Waals surface area contributed by atoms with Crippen LogP contribution in [0.1, 0.15) is 42.0 Å². The SMILES string of the molecule is Cc1ccc(S(=O)(=O)N2CCCCC2c2cnccc2C)cc1. The van der Waals surface area contributed by atoms with Gasteiger partial charge in [-0.15, -0.1) is 0 Å². The molecule has 0 spiro atoms. The summed E-state index contributed by atoms with van der Waals surface area (Å²) >= 11 is 0. The van der Waals surface area contributed by atoms with Crippen LogP contribution in [0.15, 0.2) is 47.6 Å². The molecule has 1 atom stereocenters. The Hall–Kier alpha value is -1.72. The number of hydrogen-bond donors (Lipinski definition) is 0. The van der Waals surface area contributed by atoms with Crippen molar-refractivity contribution >= 4 is 10.0 Å². The fourth-order valence-electron chi connectivity index (χ4n) is 3.17. The van der Waals surface area contributed by atoms with E-state index in [4.69, 9.17) is 0 Å². The second-order valence-corrected chi connectivity index (χ2v) is 8.06. The maximum absolute atomic E-state index is 13.1. The van der Waals surface area contributed by atoms with Gasteiger partial charge in [-0.25, -0.2) is 8.42 Å². The Morgan fingerprint density at radius 3 is 2.52 bits per heavy atom. The Kier molecular flexibility index (Phi) is 4.50. The number of rotatable bonds is 3. The minimum Gasteiger partial charge on any atom is -0.264 e. The number of nitrogens with zero attached hydrogens (tertiary/aromatic N) is 2. The van der Waals surface area contributed by atoms with Crippen LogP contribution in [0.4, 0.5) is 0 Å². The Balaban J connectivity index is 2.01. The van der Waals surface area contributed by atoms with Crippen molar-refractivity contribution in [3.63, 3.8) is 0 Å². The monoisotopic (exact) mass is 330 g/mol. The van der Waals surface area contributed by atoms with Crippen LogP contribution in [0.2, 0.25) is 0 Å². The standard InChI is InChI=1S/C18H22N2O2S/c1-14-6-8-16(9-7-14)23(21,22)20-12-4-3-5-18(20)17-13-19-11-10-15(17)2/h6-11,13,18H,3-5,12H2,1-2H3. The zero-order valence-corrected chi connectivity index (χ0v) is 14.4. The van der Waals surface area contributed by atoms with E-state index in [9.17, 15) is 8.42 Å². The maximum Gasteiger partial charge on any atom is 0.243 e. The van der Waals surface area contributed by atoms with Gasteiger partial charge in [0.2, 0.25) is 10.0 Å². The van der Waals surface area contributed by atoms with Crippen LogP contribution < -0.4 is 0 Å². The van der Waals surface area contributed by atoms with Gasteiger partial charge in [-0.05, 0) is 56.0 Å². The highest BCUT2D eigenvalue weighted by Crippen LogP contribution is 2.36. The van der Waals surface area contributed by atoms with Crippen molar-refractivity contribution in [2.75, 3.05) is 6.54 Å². The molecule has 4 nitrogen and oxygen atoms in total. The van der Waals surface area contributed by atoms with Crippen LogP contribution in [0.25, 0.3) is 0 Å². The summed E-state index contributed by atoms with van der Waals surface area (Å²) in [7, 11) is -3.49. The molecule has 1 unspecified atom stereocenters. The lowest BCUT2D eigenvalue weighted by Crippen LogP contribution is -2.38. The molecule has 1 aliphatic rings. The van der Waals surface area contributed by atoms with Crippen LogP contribution in [-0.2, 0) is 10.0 Å². The number of pyridine rings is 1. The van der Waals surface area contributed by atoms with Crippen molar-refractivity contribution in [2.24, 2.45) is 0 Å². The van der Waals surface area contributed by atoms with E-state index in [1.165, 1.54) is 0 Å². The molecule has 23 heavy (non-hydrogen) atoms. The van der Waals surface area contributed by atoms with Gasteiger partial charge in [-0.2, -0.15) is 4.31 Å². The molecule has 1 aromatic heterocycles. The molecule has 3 rings (SSSR count). The molecule has 0 aliphatic carbocycles. The summed E-state index contributed by atoms with van der Waals surface area (Å²) in [6.07, 6.45) is 6.35. The molecule has 0 bridgehead atoms. The molecule has 2 aromatic rings. The summed E-state index contributed by atoms with van der Waals surface area (Å²) in [6, 6.07) is 8.92. The van der Waals surface area contributed by atoms with Gasteiger partial charge in [-0.3, -0.25) is 4.98 Å². The van der Waals surface area contributed by atoms with E-state index in [0.29, 0.717) is 11.4 Å². The predicted molar refractivity (Wildman–Crippen MR) is 90.6 cm³/mol. The quantitative estimate of drug-likeness (QED) is 0.864. The smallest absolute Gasteiger partial charge is 0.243 e. The van der Waals surface area contributed by atoms with Gasteiger partial charge in [0.15, 0.2) is 0 Å². The molecule has 5 heteroatoms. The lowest BCUT2D eigenvalue weighted by molar-refractivity contribution is 0.255. The van der Waals surface area contributed by atoms with Gasteiger partial charge in [0.25, 0.3) is 0 Å². The van der Waals surface area contributed by atoms with Gasteiger partial charge in [0.05, 0.1) is 10.9 Å². The Bertz CT molecular complexity index is 785.